The molecule has 112 valence electrons. The van der Waals surface area contributed by atoms with Gasteiger partial charge in [0, 0.05) is 38.3 Å². The average Bonchev–Trinajstić information content (AvgIpc) is 2.39. The summed E-state index contributed by atoms with van der Waals surface area (Å²) < 4.78 is 24.7. The Kier molecular flexibility index (Phi) is 4.55. The summed E-state index contributed by atoms with van der Waals surface area (Å²) in [5.74, 6) is 0.607. The average molecular weight is 289 g/mol. The molecule has 1 heterocycles. The van der Waals surface area contributed by atoms with Gasteiger partial charge in [-0.25, -0.2) is 8.42 Å². The van der Waals surface area contributed by atoms with E-state index in [4.69, 9.17) is 5.73 Å². The van der Waals surface area contributed by atoms with Crippen LogP contribution in [-0.2, 0) is 10.0 Å². The molecule has 2 fully saturated rings. The first-order chi connectivity index (χ1) is 8.90. The molecule has 1 aliphatic heterocycles. The van der Waals surface area contributed by atoms with E-state index in [1.807, 2.05) is 0 Å². The molecule has 0 aromatic carbocycles. The molecule has 0 bridgehead atoms. The minimum atomic E-state index is -3.04. The van der Waals surface area contributed by atoms with Crippen LogP contribution in [0.5, 0.6) is 0 Å². The van der Waals surface area contributed by atoms with Crippen molar-refractivity contribution >= 4 is 10.0 Å². The summed E-state index contributed by atoms with van der Waals surface area (Å²) in [7, 11) is -3.04. The lowest BCUT2D eigenvalue weighted by Crippen LogP contribution is -2.64. The van der Waals surface area contributed by atoms with E-state index >= 15 is 0 Å². The van der Waals surface area contributed by atoms with Crippen molar-refractivity contribution in [1.82, 2.24) is 9.21 Å². The maximum Gasteiger partial charge on any atom is 0.211 e. The lowest BCUT2D eigenvalue weighted by Gasteiger charge is -2.52. The zero-order valence-corrected chi connectivity index (χ0v) is 13.0. The molecule has 0 radical (unpaired) electrons. The minimum Gasteiger partial charge on any atom is -0.329 e. The molecule has 1 saturated heterocycles. The van der Waals surface area contributed by atoms with E-state index in [2.05, 4.69) is 11.8 Å². The van der Waals surface area contributed by atoms with E-state index in [1.54, 1.807) is 4.31 Å². The third-order valence-corrected chi connectivity index (χ3v) is 6.41. The van der Waals surface area contributed by atoms with E-state index < -0.39 is 10.0 Å². The van der Waals surface area contributed by atoms with Crippen LogP contribution in [0.1, 0.15) is 32.6 Å². The van der Waals surface area contributed by atoms with Crippen molar-refractivity contribution in [2.24, 2.45) is 11.7 Å². The van der Waals surface area contributed by atoms with Crippen molar-refractivity contribution in [3.8, 4) is 0 Å². The molecule has 0 aromatic heterocycles. The molecule has 2 rings (SSSR count). The number of hydrogen-bond donors (Lipinski definition) is 1. The molecule has 6 heteroatoms. The maximum absolute atomic E-state index is 11.6. The summed E-state index contributed by atoms with van der Waals surface area (Å²) in [6.07, 6.45) is 6.23. The van der Waals surface area contributed by atoms with Gasteiger partial charge in [-0.15, -0.1) is 0 Å². The highest BCUT2D eigenvalue weighted by Crippen LogP contribution is 2.38. The molecule has 1 saturated carbocycles. The van der Waals surface area contributed by atoms with E-state index in [1.165, 1.54) is 25.5 Å². The van der Waals surface area contributed by atoms with Gasteiger partial charge in [0.2, 0.25) is 10.0 Å². The Balaban J connectivity index is 2.06. The number of sulfonamides is 1. The molecule has 19 heavy (non-hydrogen) atoms. The summed E-state index contributed by atoms with van der Waals surface area (Å²) in [5.41, 5.74) is 6.21. The molecule has 1 aliphatic carbocycles. The quantitative estimate of drug-likeness (QED) is 0.820. The Morgan fingerprint density at radius 1 is 1.21 bits per heavy atom. The third-order valence-electron chi connectivity index (χ3n) is 5.11. The topological polar surface area (TPSA) is 66.6 Å². The fourth-order valence-electron chi connectivity index (χ4n) is 3.76. The van der Waals surface area contributed by atoms with Crippen molar-refractivity contribution in [2.75, 3.05) is 39.0 Å². The Morgan fingerprint density at radius 3 is 2.32 bits per heavy atom. The van der Waals surface area contributed by atoms with Crippen LogP contribution in [0.15, 0.2) is 0 Å². The summed E-state index contributed by atoms with van der Waals surface area (Å²) in [4.78, 5) is 2.46. The van der Waals surface area contributed by atoms with Gasteiger partial charge in [0.1, 0.15) is 0 Å². The van der Waals surface area contributed by atoms with Crippen LogP contribution in [0.4, 0.5) is 0 Å². The summed E-state index contributed by atoms with van der Waals surface area (Å²) >= 11 is 0. The largest absolute Gasteiger partial charge is 0.329 e. The van der Waals surface area contributed by atoms with Crippen molar-refractivity contribution in [3.63, 3.8) is 0 Å². The minimum absolute atomic E-state index is 0.0991. The molecule has 0 amide bonds. The molecule has 0 spiro atoms. The molecular weight excluding hydrogens is 262 g/mol. The molecule has 2 aliphatic rings. The second kappa shape index (κ2) is 5.68. The van der Waals surface area contributed by atoms with Gasteiger partial charge in [0.05, 0.1) is 6.26 Å². The predicted octanol–water partition coefficient (Wildman–Crippen LogP) is 0.471. The first kappa shape index (κ1) is 15.2. The van der Waals surface area contributed by atoms with Crippen molar-refractivity contribution in [2.45, 2.75) is 38.1 Å². The Morgan fingerprint density at radius 2 is 1.84 bits per heavy atom. The molecule has 2 unspecified atom stereocenters. The van der Waals surface area contributed by atoms with Gasteiger partial charge in [0.25, 0.3) is 0 Å². The van der Waals surface area contributed by atoms with Crippen LogP contribution in [-0.4, -0.2) is 62.1 Å². The number of rotatable bonds is 3. The second-order valence-corrected chi connectivity index (χ2v) is 8.09. The molecule has 0 aromatic rings. The van der Waals surface area contributed by atoms with Gasteiger partial charge < -0.3 is 5.73 Å². The normalized spacial score (nSPS) is 35.4. The van der Waals surface area contributed by atoms with Crippen LogP contribution < -0.4 is 5.73 Å². The Labute approximate surface area is 117 Å². The van der Waals surface area contributed by atoms with Gasteiger partial charge in [-0.3, -0.25) is 4.90 Å². The van der Waals surface area contributed by atoms with Gasteiger partial charge in [-0.05, 0) is 18.8 Å². The van der Waals surface area contributed by atoms with Gasteiger partial charge in [-0.2, -0.15) is 4.31 Å². The lowest BCUT2D eigenvalue weighted by atomic mass is 9.72. The Bertz CT molecular complexity index is 404. The van der Waals surface area contributed by atoms with Gasteiger partial charge in [0.15, 0.2) is 0 Å². The first-order valence-corrected chi connectivity index (χ1v) is 9.15. The van der Waals surface area contributed by atoms with Crippen LogP contribution in [0.3, 0.4) is 0 Å². The fourth-order valence-corrected chi connectivity index (χ4v) is 4.59. The zero-order chi connectivity index (χ0) is 14.1. The highest BCUT2D eigenvalue weighted by molar-refractivity contribution is 7.88. The summed E-state index contributed by atoms with van der Waals surface area (Å²) in [5, 5.41) is 0. The van der Waals surface area contributed by atoms with E-state index in [9.17, 15) is 8.42 Å². The molecule has 2 N–H and O–H groups in total. The summed E-state index contributed by atoms with van der Waals surface area (Å²) in [6, 6.07) is 0. The van der Waals surface area contributed by atoms with Gasteiger partial charge in [-0.1, -0.05) is 19.8 Å². The maximum atomic E-state index is 11.6. The number of hydrogen-bond acceptors (Lipinski definition) is 4. The number of nitrogens with zero attached hydrogens (tertiary/aromatic N) is 2. The lowest BCUT2D eigenvalue weighted by molar-refractivity contribution is -0.00639. The van der Waals surface area contributed by atoms with Crippen molar-refractivity contribution in [1.29, 1.82) is 0 Å². The van der Waals surface area contributed by atoms with Crippen LogP contribution in [0.2, 0.25) is 0 Å². The SMILES string of the molecule is CC1CCCCC1(CN)N1CCN(S(C)(=O)=O)CC1. The van der Waals surface area contributed by atoms with Crippen LogP contribution >= 0.6 is 0 Å². The standard InChI is InChI=1S/C13H27N3O2S/c1-12-5-3-4-6-13(12,11-14)15-7-9-16(10-8-15)19(2,17)18/h12H,3-11,14H2,1-2H3. The third kappa shape index (κ3) is 2.96. The van der Waals surface area contributed by atoms with Gasteiger partial charge >= 0.3 is 0 Å². The zero-order valence-electron chi connectivity index (χ0n) is 12.1. The number of piperazine rings is 1. The Hall–Kier alpha value is -0.170. The van der Waals surface area contributed by atoms with Crippen LogP contribution in [0.25, 0.3) is 0 Å². The highest BCUT2D eigenvalue weighted by Gasteiger charge is 2.43. The van der Waals surface area contributed by atoms with E-state index in [-0.39, 0.29) is 5.54 Å². The highest BCUT2D eigenvalue weighted by atomic mass is 32.2. The summed E-state index contributed by atoms with van der Waals surface area (Å²) in [6.45, 7) is 5.83. The van der Waals surface area contributed by atoms with E-state index in [0.717, 1.165) is 19.5 Å². The molecular formula is C13H27N3O2S. The van der Waals surface area contributed by atoms with Crippen molar-refractivity contribution < 1.29 is 8.42 Å². The molecule has 2 atom stereocenters. The van der Waals surface area contributed by atoms with Crippen LogP contribution in [0, 0.1) is 5.92 Å². The van der Waals surface area contributed by atoms with Crippen molar-refractivity contribution in [3.05, 3.63) is 0 Å². The fraction of sp³-hybridized carbons (Fsp3) is 1.00. The smallest absolute Gasteiger partial charge is 0.211 e. The first-order valence-electron chi connectivity index (χ1n) is 7.30. The second-order valence-electron chi connectivity index (χ2n) is 6.10. The van der Waals surface area contributed by atoms with E-state index in [0.29, 0.717) is 25.6 Å². The predicted molar refractivity (Wildman–Crippen MR) is 77.4 cm³/mol. The number of nitrogens with two attached hydrogens (primary N) is 1. The molecule has 5 nitrogen and oxygen atoms in total. The monoisotopic (exact) mass is 289 g/mol.